The Morgan fingerprint density at radius 1 is 0.966 bits per heavy atom. The molecule has 150 valence electrons. The lowest BCUT2D eigenvalue weighted by atomic mass is 10.1. The van der Waals surface area contributed by atoms with E-state index in [2.05, 4.69) is 10.6 Å². The predicted octanol–water partition coefficient (Wildman–Crippen LogP) is 3.70. The fourth-order valence-corrected chi connectivity index (χ4v) is 4.30. The molecule has 0 aliphatic rings. The average Bonchev–Trinajstić information content (AvgIpc) is 2.73. The third kappa shape index (κ3) is 5.00. The quantitative estimate of drug-likeness (QED) is 0.621. The second kappa shape index (κ2) is 8.87. The molecule has 0 saturated heterocycles. The van der Waals surface area contributed by atoms with Crippen LogP contribution < -0.4 is 10.6 Å². The van der Waals surface area contributed by atoms with Gasteiger partial charge in [-0.2, -0.15) is 0 Å². The number of carbonyl (C=O) groups is 1. The van der Waals surface area contributed by atoms with Crippen molar-refractivity contribution < 1.29 is 17.6 Å². The van der Waals surface area contributed by atoms with Crippen LogP contribution in [-0.4, -0.2) is 20.9 Å². The smallest absolute Gasteiger partial charge is 0.239 e. The van der Waals surface area contributed by atoms with Crippen LogP contribution in [0.15, 0.2) is 82.6 Å². The minimum absolute atomic E-state index is 0.0534. The number of aryl methyl sites for hydroxylation is 1. The molecule has 29 heavy (non-hydrogen) atoms. The molecule has 7 heteroatoms. The molecule has 0 unspecified atom stereocenters. The molecule has 3 aromatic rings. The number of hydrogen-bond acceptors (Lipinski definition) is 4. The van der Waals surface area contributed by atoms with E-state index in [9.17, 15) is 17.6 Å². The first kappa shape index (κ1) is 20.5. The van der Waals surface area contributed by atoms with Crippen molar-refractivity contribution in [3.05, 3.63) is 89.7 Å². The number of amides is 1. The molecular formula is C22H21FN2O3S. The second-order valence-corrected chi connectivity index (χ2v) is 8.43. The Morgan fingerprint density at radius 3 is 2.38 bits per heavy atom. The van der Waals surface area contributed by atoms with Crippen LogP contribution in [0.1, 0.15) is 11.1 Å². The Labute approximate surface area is 169 Å². The highest BCUT2D eigenvalue weighted by Crippen LogP contribution is 2.28. The summed E-state index contributed by atoms with van der Waals surface area (Å²) in [5, 5.41) is 5.60. The minimum atomic E-state index is -3.94. The molecular weight excluding hydrogens is 391 g/mol. The van der Waals surface area contributed by atoms with Gasteiger partial charge in [0, 0.05) is 6.54 Å². The molecule has 0 bridgehead atoms. The zero-order valence-corrected chi connectivity index (χ0v) is 16.7. The summed E-state index contributed by atoms with van der Waals surface area (Å²) in [7, 11) is -3.94. The van der Waals surface area contributed by atoms with Crippen LogP contribution in [0.2, 0.25) is 0 Å². The van der Waals surface area contributed by atoms with Gasteiger partial charge in [0.1, 0.15) is 5.82 Å². The Kier molecular flexibility index (Phi) is 6.29. The summed E-state index contributed by atoms with van der Waals surface area (Å²) in [4.78, 5) is 12.0. The Bertz CT molecular complexity index is 1120. The summed E-state index contributed by atoms with van der Waals surface area (Å²) in [5.74, 6) is -0.977. The average molecular weight is 412 g/mol. The number of anilines is 1. The number of benzene rings is 3. The molecule has 0 saturated carbocycles. The molecule has 0 heterocycles. The third-order valence-electron chi connectivity index (χ3n) is 4.46. The van der Waals surface area contributed by atoms with Crippen LogP contribution in [0.3, 0.4) is 0 Å². The first-order valence-corrected chi connectivity index (χ1v) is 10.5. The molecule has 1 amide bonds. The van der Waals surface area contributed by atoms with Gasteiger partial charge in [0.25, 0.3) is 0 Å². The summed E-state index contributed by atoms with van der Waals surface area (Å²) >= 11 is 0. The Balaban J connectivity index is 1.73. The van der Waals surface area contributed by atoms with E-state index in [1.807, 2.05) is 31.2 Å². The van der Waals surface area contributed by atoms with Crippen molar-refractivity contribution in [3.8, 4) is 0 Å². The van der Waals surface area contributed by atoms with Crippen molar-refractivity contribution in [2.24, 2.45) is 0 Å². The van der Waals surface area contributed by atoms with E-state index in [0.717, 1.165) is 23.3 Å². The van der Waals surface area contributed by atoms with E-state index in [4.69, 9.17) is 0 Å². The van der Waals surface area contributed by atoms with E-state index in [-0.39, 0.29) is 27.9 Å². The van der Waals surface area contributed by atoms with Crippen LogP contribution in [0.25, 0.3) is 0 Å². The minimum Gasteiger partial charge on any atom is -0.375 e. The predicted molar refractivity (Wildman–Crippen MR) is 110 cm³/mol. The van der Waals surface area contributed by atoms with E-state index >= 15 is 0 Å². The molecule has 3 aromatic carbocycles. The van der Waals surface area contributed by atoms with Crippen molar-refractivity contribution >= 4 is 21.4 Å². The summed E-state index contributed by atoms with van der Waals surface area (Å²) < 4.78 is 39.6. The number of carbonyl (C=O) groups excluding carboxylic acids is 1. The molecule has 0 radical (unpaired) electrons. The Morgan fingerprint density at radius 2 is 1.66 bits per heavy atom. The zero-order valence-electron chi connectivity index (χ0n) is 15.9. The van der Waals surface area contributed by atoms with Gasteiger partial charge in [-0.1, -0.05) is 42.5 Å². The third-order valence-corrected chi connectivity index (χ3v) is 6.27. The normalized spacial score (nSPS) is 11.1. The highest BCUT2D eigenvalue weighted by molar-refractivity contribution is 7.91. The van der Waals surface area contributed by atoms with Gasteiger partial charge in [0.2, 0.25) is 15.7 Å². The van der Waals surface area contributed by atoms with Gasteiger partial charge in [-0.05, 0) is 48.4 Å². The van der Waals surface area contributed by atoms with Crippen molar-refractivity contribution in [2.75, 3.05) is 11.9 Å². The van der Waals surface area contributed by atoms with Crippen molar-refractivity contribution in [1.82, 2.24) is 5.32 Å². The molecule has 3 rings (SSSR count). The molecule has 0 atom stereocenters. The molecule has 0 aliphatic carbocycles. The fourth-order valence-electron chi connectivity index (χ4n) is 2.83. The highest BCUT2D eigenvalue weighted by Gasteiger charge is 2.22. The first-order chi connectivity index (χ1) is 13.9. The van der Waals surface area contributed by atoms with Crippen molar-refractivity contribution in [3.63, 3.8) is 0 Å². The topological polar surface area (TPSA) is 75.3 Å². The number of rotatable bonds is 7. The largest absolute Gasteiger partial charge is 0.375 e. The summed E-state index contributed by atoms with van der Waals surface area (Å²) in [6, 6.07) is 18.9. The van der Waals surface area contributed by atoms with Gasteiger partial charge in [-0.15, -0.1) is 0 Å². The zero-order chi connectivity index (χ0) is 20.9. The van der Waals surface area contributed by atoms with Crippen molar-refractivity contribution in [1.29, 1.82) is 0 Å². The highest BCUT2D eigenvalue weighted by atomic mass is 32.2. The molecule has 0 aromatic heterocycles. The molecule has 0 spiro atoms. The first-order valence-electron chi connectivity index (χ1n) is 9.02. The van der Waals surface area contributed by atoms with E-state index < -0.39 is 15.7 Å². The van der Waals surface area contributed by atoms with Gasteiger partial charge in [0.15, 0.2) is 0 Å². The van der Waals surface area contributed by atoms with Gasteiger partial charge < -0.3 is 10.6 Å². The lowest BCUT2D eigenvalue weighted by Crippen LogP contribution is -2.30. The number of sulfone groups is 1. The van der Waals surface area contributed by atoms with Gasteiger partial charge >= 0.3 is 0 Å². The van der Waals surface area contributed by atoms with E-state index in [0.29, 0.717) is 6.54 Å². The van der Waals surface area contributed by atoms with Crippen LogP contribution >= 0.6 is 0 Å². The summed E-state index contributed by atoms with van der Waals surface area (Å²) in [6.07, 6.45) is 0. The lowest BCUT2D eigenvalue weighted by molar-refractivity contribution is -0.119. The summed E-state index contributed by atoms with van der Waals surface area (Å²) in [6.45, 7) is 2.18. The van der Waals surface area contributed by atoms with Crippen LogP contribution in [0.4, 0.5) is 10.1 Å². The van der Waals surface area contributed by atoms with Gasteiger partial charge in [0.05, 0.1) is 22.0 Å². The van der Waals surface area contributed by atoms with Crippen LogP contribution in [0, 0.1) is 12.7 Å². The van der Waals surface area contributed by atoms with E-state index in [1.54, 1.807) is 18.2 Å². The Hall–Kier alpha value is -3.19. The van der Waals surface area contributed by atoms with Crippen LogP contribution in [0.5, 0.6) is 0 Å². The maximum Gasteiger partial charge on any atom is 0.239 e. The molecule has 2 N–H and O–H groups in total. The molecule has 0 fully saturated rings. The fraction of sp³-hybridized carbons (Fsp3) is 0.136. The second-order valence-electron chi connectivity index (χ2n) is 6.51. The maximum atomic E-state index is 13.8. The molecule has 5 nitrogen and oxygen atoms in total. The summed E-state index contributed by atoms with van der Waals surface area (Å²) in [5.41, 5.74) is 2.23. The lowest BCUT2D eigenvalue weighted by Gasteiger charge is -2.13. The maximum absolute atomic E-state index is 13.8. The van der Waals surface area contributed by atoms with Gasteiger partial charge in [-0.25, -0.2) is 12.8 Å². The van der Waals surface area contributed by atoms with Gasteiger partial charge in [-0.3, -0.25) is 4.79 Å². The monoisotopic (exact) mass is 412 g/mol. The van der Waals surface area contributed by atoms with E-state index in [1.165, 1.54) is 18.2 Å². The molecule has 0 aliphatic heterocycles. The number of halogens is 1. The van der Waals surface area contributed by atoms with Crippen LogP contribution in [-0.2, 0) is 21.2 Å². The van der Waals surface area contributed by atoms with Crippen molar-refractivity contribution in [2.45, 2.75) is 23.3 Å². The SMILES string of the molecule is Cc1ccccc1CNC(=O)CNc1ccc(F)cc1S(=O)(=O)c1ccccc1. The number of nitrogens with one attached hydrogen (secondary N) is 2. The number of hydrogen-bond donors (Lipinski definition) is 2. The standard InChI is InChI=1S/C22H21FN2O3S/c1-16-7-5-6-8-17(16)14-25-22(26)15-24-20-12-11-18(23)13-21(20)29(27,28)19-9-3-2-4-10-19/h2-13,24H,14-15H2,1H3,(H,25,26).